The Labute approximate surface area is 160 Å². The first-order valence-corrected chi connectivity index (χ1v) is 8.45. The molecule has 0 fully saturated rings. The van der Waals surface area contributed by atoms with Gasteiger partial charge in [0.25, 0.3) is 0 Å². The lowest BCUT2D eigenvalue weighted by Gasteiger charge is -2.09. The first-order chi connectivity index (χ1) is 13.4. The van der Waals surface area contributed by atoms with E-state index in [2.05, 4.69) is 0 Å². The number of carbonyl (C=O) groups is 2. The van der Waals surface area contributed by atoms with E-state index in [9.17, 15) is 22.8 Å². The molecule has 0 aliphatic carbocycles. The zero-order valence-electron chi connectivity index (χ0n) is 14.6. The molecule has 3 aromatic rings. The number of alkyl halides is 3. The van der Waals surface area contributed by atoms with Crippen LogP contribution in [0.4, 0.5) is 13.2 Å². The Hall–Kier alpha value is -3.47. The Morgan fingerprint density at radius 3 is 1.64 bits per heavy atom. The van der Waals surface area contributed by atoms with Gasteiger partial charge in [0.2, 0.25) is 0 Å². The molecule has 3 aromatic carbocycles. The van der Waals surface area contributed by atoms with Crippen molar-refractivity contribution in [1.29, 1.82) is 0 Å². The molecule has 0 heterocycles. The predicted molar refractivity (Wildman–Crippen MR) is 101 cm³/mol. The van der Waals surface area contributed by atoms with Crippen molar-refractivity contribution < 1.29 is 22.8 Å². The van der Waals surface area contributed by atoms with E-state index in [1.807, 2.05) is 0 Å². The average molecular weight is 380 g/mol. The SMILES string of the molecule is O=C(/C=C(/C(=O)c1ccccc1)c1ccccc1)c1ccc(C(F)(F)F)cc1. The summed E-state index contributed by atoms with van der Waals surface area (Å²) >= 11 is 0. The van der Waals surface area contributed by atoms with E-state index in [-0.39, 0.29) is 16.9 Å². The fourth-order valence-electron chi connectivity index (χ4n) is 2.68. The molecule has 0 saturated carbocycles. The van der Waals surface area contributed by atoms with Gasteiger partial charge in [0.15, 0.2) is 11.6 Å². The summed E-state index contributed by atoms with van der Waals surface area (Å²) in [5, 5.41) is 0. The monoisotopic (exact) mass is 380 g/mol. The number of rotatable bonds is 5. The Morgan fingerprint density at radius 1 is 0.643 bits per heavy atom. The minimum atomic E-state index is -4.48. The zero-order chi connectivity index (χ0) is 20.1. The highest BCUT2D eigenvalue weighted by molar-refractivity contribution is 6.32. The number of ketones is 2. The van der Waals surface area contributed by atoms with E-state index < -0.39 is 17.5 Å². The highest BCUT2D eigenvalue weighted by atomic mass is 19.4. The molecule has 5 heteroatoms. The number of halogens is 3. The summed E-state index contributed by atoms with van der Waals surface area (Å²) in [5.74, 6) is -0.885. The van der Waals surface area contributed by atoms with Crippen LogP contribution in [0.1, 0.15) is 31.8 Å². The van der Waals surface area contributed by atoms with Crippen LogP contribution in [0, 0.1) is 0 Å². The number of Topliss-reactive ketones (excluding diaryl/α,β-unsaturated/α-hetero) is 1. The Morgan fingerprint density at radius 2 is 1.14 bits per heavy atom. The maximum absolute atomic E-state index is 12.9. The van der Waals surface area contributed by atoms with Crippen molar-refractivity contribution in [3.05, 3.63) is 113 Å². The van der Waals surface area contributed by atoms with Crippen LogP contribution < -0.4 is 0 Å². The maximum Gasteiger partial charge on any atom is 0.416 e. The van der Waals surface area contributed by atoms with Crippen LogP contribution in [0.25, 0.3) is 5.57 Å². The molecular weight excluding hydrogens is 365 g/mol. The van der Waals surface area contributed by atoms with Crippen molar-refractivity contribution in [2.24, 2.45) is 0 Å². The summed E-state index contributed by atoms with van der Waals surface area (Å²) in [7, 11) is 0. The fraction of sp³-hybridized carbons (Fsp3) is 0.0435. The lowest BCUT2D eigenvalue weighted by Crippen LogP contribution is -2.07. The third kappa shape index (κ3) is 4.43. The van der Waals surface area contributed by atoms with E-state index in [0.717, 1.165) is 24.3 Å². The fourth-order valence-corrected chi connectivity index (χ4v) is 2.68. The highest BCUT2D eigenvalue weighted by Gasteiger charge is 2.30. The second-order valence-corrected chi connectivity index (χ2v) is 6.06. The van der Waals surface area contributed by atoms with E-state index in [1.54, 1.807) is 60.7 Å². The summed E-state index contributed by atoms with van der Waals surface area (Å²) in [5.41, 5.74) is 0.380. The second-order valence-electron chi connectivity index (χ2n) is 6.06. The van der Waals surface area contributed by atoms with Crippen molar-refractivity contribution in [3.63, 3.8) is 0 Å². The van der Waals surface area contributed by atoms with Gasteiger partial charge in [-0.3, -0.25) is 9.59 Å². The smallest absolute Gasteiger partial charge is 0.289 e. The number of hydrogen-bond donors (Lipinski definition) is 0. The zero-order valence-corrected chi connectivity index (χ0v) is 14.6. The van der Waals surface area contributed by atoms with Gasteiger partial charge in [-0.05, 0) is 23.8 Å². The quantitative estimate of drug-likeness (QED) is 0.411. The molecule has 0 saturated heterocycles. The van der Waals surface area contributed by atoms with Crippen LogP contribution in [0.5, 0.6) is 0 Å². The topological polar surface area (TPSA) is 34.1 Å². The molecule has 0 N–H and O–H groups in total. The first-order valence-electron chi connectivity index (χ1n) is 8.45. The van der Waals surface area contributed by atoms with E-state index in [0.29, 0.717) is 11.1 Å². The van der Waals surface area contributed by atoms with Crippen LogP contribution in [-0.4, -0.2) is 11.6 Å². The summed E-state index contributed by atoms with van der Waals surface area (Å²) < 4.78 is 38.1. The highest BCUT2D eigenvalue weighted by Crippen LogP contribution is 2.29. The molecule has 0 amide bonds. The lowest BCUT2D eigenvalue weighted by atomic mass is 9.94. The molecule has 28 heavy (non-hydrogen) atoms. The van der Waals surface area contributed by atoms with Crippen LogP contribution in [0.15, 0.2) is 91.0 Å². The minimum Gasteiger partial charge on any atom is -0.289 e. The van der Waals surface area contributed by atoms with Crippen LogP contribution in [0.2, 0.25) is 0 Å². The Bertz CT molecular complexity index is 1000. The molecule has 0 aliphatic heterocycles. The van der Waals surface area contributed by atoms with Crippen LogP contribution >= 0.6 is 0 Å². The molecule has 0 radical (unpaired) electrons. The molecule has 0 atom stereocenters. The summed E-state index contributed by atoms with van der Waals surface area (Å²) in [6.07, 6.45) is -3.30. The molecule has 0 aromatic heterocycles. The molecular formula is C23H15F3O2. The summed E-state index contributed by atoms with van der Waals surface area (Å²) in [6.45, 7) is 0. The van der Waals surface area contributed by atoms with Gasteiger partial charge in [-0.2, -0.15) is 13.2 Å². The Kier molecular flexibility index (Phi) is 5.54. The van der Waals surface area contributed by atoms with Crippen molar-refractivity contribution in [2.45, 2.75) is 6.18 Å². The molecule has 0 spiro atoms. The molecule has 0 bridgehead atoms. The standard InChI is InChI=1S/C23H15F3O2/c24-23(25,26)19-13-11-17(12-14-19)21(27)15-20(16-7-3-1-4-8-16)22(28)18-9-5-2-6-10-18/h1-15H/b20-15+. The third-order valence-electron chi connectivity index (χ3n) is 4.14. The normalized spacial score (nSPS) is 11.9. The van der Waals surface area contributed by atoms with Gasteiger partial charge in [-0.15, -0.1) is 0 Å². The van der Waals surface area contributed by atoms with Crippen molar-refractivity contribution in [1.82, 2.24) is 0 Å². The Balaban J connectivity index is 1.99. The largest absolute Gasteiger partial charge is 0.416 e. The van der Waals surface area contributed by atoms with Crippen LogP contribution in [-0.2, 0) is 6.18 Å². The number of allylic oxidation sites excluding steroid dienone is 2. The molecule has 140 valence electrons. The molecule has 2 nitrogen and oxygen atoms in total. The minimum absolute atomic E-state index is 0.0716. The van der Waals surface area contributed by atoms with E-state index >= 15 is 0 Å². The van der Waals surface area contributed by atoms with Crippen LogP contribution in [0.3, 0.4) is 0 Å². The van der Waals surface area contributed by atoms with Gasteiger partial charge in [0.05, 0.1) is 5.56 Å². The van der Waals surface area contributed by atoms with Gasteiger partial charge in [-0.1, -0.05) is 72.8 Å². The van der Waals surface area contributed by atoms with E-state index in [4.69, 9.17) is 0 Å². The number of hydrogen-bond acceptors (Lipinski definition) is 2. The maximum atomic E-state index is 12.9. The molecule has 0 unspecified atom stereocenters. The first kappa shape index (κ1) is 19.3. The number of carbonyl (C=O) groups excluding carboxylic acids is 2. The lowest BCUT2D eigenvalue weighted by molar-refractivity contribution is -0.137. The van der Waals surface area contributed by atoms with Crippen molar-refractivity contribution in [2.75, 3.05) is 0 Å². The summed E-state index contributed by atoms with van der Waals surface area (Å²) in [4.78, 5) is 25.5. The third-order valence-corrected chi connectivity index (χ3v) is 4.14. The van der Waals surface area contributed by atoms with Crippen molar-refractivity contribution >= 4 is 17.1 Å². The van der Waals surface area contributed by atoms with Gasteiger partial charge >= 0.3 is 6.18 Å². The van der Waals surface area contributed by atoms with Gasteiger partial charge in [0, 0.05) is 16.7 Å². The van der Waals surface area contributed by atoms with E-state index in [1.165, 1.54) is 6.08 Å². The van der Waals surface area contributed by atoms with Gasteiger partial charge in [0.1, 0.15) is 0 Å². The molecule has 0 aliphatic rings. The van der Waals surface area contributed by atoms with Gasteiger partial charge in [-0.25, -0.2) is 0 Å². The summed E-state index contributed by atoms with van der Waals surface area (Å²) in [6, 6.07) is 21.1. The second kappa shape index (κ2) is 8.05. The average Bonchev–Trinajstić information content (AvgIpc) is 2.72. The predicted octanol–water partition coefficient (Wildman–Crippen LogP) is 5.85. The number of benzene rings is 3. The van der Waals surface area contributed by atoms with Gasteiger partial charge < -0.3 is 0 Å². The van der Waals surface area contributed by atoms with Crippen molar-refractivity contribution in [3.8, 4) is 0 Å². The molecule has 3 rings (SSSR count).